The van der Waals surface area contributed by atoms with Gasteiger partial charge in [-0.1, -0.05) is 62.4 Å². The SMILES string of the molecule is CC(C)[C@@H](CC(=O)N1C[C@H](O)C[C@@H]1C(=O)O)NC(=O)OCC1c2ccccc2-c2ccccc21. The molecule has 1 heterocycles. The normalized spacial score (nSPS) is 20.1. The Bertz CT molecular complexity index is 1040. The van der Waals surface area contributed by atoms with Gasteiger partial charge in [-0.05, 0) is 28.2 Å². The lowest BCUT2D eigenvalue weighted by Crippen LogP contribution is -2.46. The van der Waals surface area contributed by atoms with Gasteiger partial charge in [-0.2, -0.15) is 0 Å². The third-order valence-corrected chi connectivity index (χ3v) is 6.73. The van der Waals surface area contributed by atoms with Crippen molar-refractivity contribution in [2.45, 2.75) is 50.8 Å². The molecule has 1 aliphatic carbocycles. The molecule has 2 aromatic rings. The van der Waals surface area contributed by atoms with E-state index >= 15 is 0 Å². The molecule has 3 atom stereocenters. The van der Waals surface area contributed by atoms with E-state index in [0.29, 0.717) is 0 Å². The lowest BCUT2D eigenvalue weighted by atomic mass is 9.98. The zero-order valence-corrected chi connectivity index (χ0v) is 19.3. The summed E-state index contributed by atoms with van der Waals surface area (Å²) in [7, 11) is 0. The van der Waals surface area contributed by atoms with Crippen LogP contribution in [-0.4, -0.2) is 64.4 Å². The predicted octanol–water partition coefficient (Wildman–Crippen LogP) is 2.99. The van der Waals surface area contributed by atoms with Crippen molar-refractivity contribution in [1.29, 1.82) is 0 Å². The lowest BCUT2D eigenvalue weighted by molar-refractivity contribution is -0.148. The number of rotatable bonds is 7. The van der Waals surface area contributed by atoms with Crippen LogP contribution >= 0.6 is 0 Å². The van der Waals surface area contributed by atoms with E-state index in [2.05, 4.69) is 17.4 Å². The van der Waals surface area contributed by atoms with Crippen molar-refractivity contribution < 1.29 is 29.3 Å². The van der Waals surface area contributed by atoms with Crippen LogP contribution in [0.15, 0.2) is 48.5 Å². The molecule has 1 aliphatic heterocycles. The van der Waals surface area contributed by atoms with Gasteiger partial charge < -0.3 is 25.2 Å². The van der Waals surface area contributed by atoms with Gasteiger partial charge in [-0.15, -0.1) is 0 Å². The molecule has 4 rings (SSSR count). The fourth-order valence-corrected chi connectivity index (χ4v) is 4.87. The Morgan fingerprint density at radius 1 is 1.06 bits per heavy atom. The second-order valence-corrected chi connectivity index (χ2v) is 9.31. The number of hydrogen-bond acceptors (Lipinski definition) is 5. The number of β-amino-alcohol motifs (C(OH)–C–C–N with tert-alkyl or cyclic N) is 1. The summed E-state index contributed by atoms with van der Waals surface area (Å²) in [6.45, 7) is 3.88. The molecule has 0 bridgehead atoms. The number of benzene rings is 2. The molecule has 0 saturated carbocycles. The van der Waals surface area contributed by atoms with Crippen LogP contribution in [0.4, 0.5) is 4.79 Å². The van der Waals surface area contributed by atoms with E-state index in [1.807, 2.05) is 50.2 Å². The summed E-state index contributed by atoms with van der Waals surface area (Å²) in [5.74, 6) is -1.71. The second-order valence-electron chi connectivity index (χ2n) is 9.31. The van der Waals surface area contributed by atoms with Gasteiger partial charge in [0.25, 0.3) is 0 Å². The average molecular weight is 467 g/mol. The Morgan fingerprint density at radius 2 is 1.65 bits per heavy atom. The van der Waals surface area contributed by atoms with Gasteiger partial charge in [0.05, 0.1) is 6.10 Å². The van der Waals surface area contributed by atoms with E-state index in [9.17, 15) is 24.6 Å². The summed E-state index contributed by atoms with van der Waals surface area (Å²) in [5, 5.41) is 22.0. The number of aliphatic hydroxyl groups is 1. The molecule has 8 nitrogen and oxygen atoms in total. The number of carbonyl (C=O) groups is 3. The molecule has 2 aromatic carbocycles. The highest BCUT2D eigenvalue weighted by Gasteiger charge is 2.39. The number of hydrogen-bond donors (Lipinski definition) is 3. The molecule has 180 valence electrons. The number of aliphatic carboxylic acids is 1. The molecule has 0 unspecified atom stereocenters. The van der Waals surface area contributed by atoms with Gasteiger partial charge in [0, 0.05) is 31.3 Å². The number of amides is 2. The zero-order chi connectivity index (χ0) is 24.4. The monoisotopic (exact) mass is 466 g/mol. The van der Waals surface area contributed by atoms with Gasteiger partial charge in [0.15, 0.2) is 0 Å². The molecule has 34 heavy (non-hydrogen) atoms. The molecule has 1 saturated heterocycles. The average Bonchev–Trinajstić information content (AvgIpc) is 3.35. The highest BCUT2D eigenvalue weighted by atomic mass is 16.5. The highest BCUT2D eigenvalue weighted by Crippen LogP contribution is 2.44. The maximum absolute atomic E-state index is 12.8. The first kappa shape index (κ1) is 23.8. The third kappa shape index (κ3) is 4.77. The summed E-state index contributed by atoms with van der Waals surface area (Å²) >= 11 is 0. The topological polar surface area (TPSA) is 116 Å². The van der Waals surface area contributed by atoms with Crippen molar-refractivity contribution >= 4 is 18.0 Å². The van der Waals surface area contributed by atoms with E-state index in [1.54, 1.807) is 0 Å². The summed E-state index contributed by atoms with van der Waals surface area (Å²) in [6.07, 6.45) is -1.55. The smallest absolute Gasteiger partial charge is 0.407 e. The van der Waals surface area contributed by atoms with Crippen LogP contribution in [-0.2, 0) is 14.3 Å². The first-order valence-corrected chi connectivity index (χ1v) is 11.6. The van der Waals surface area contributed by atoms with Gasteiger partial charge in [0.1, 0.15) is 12.6 Å². The Hall–Kier alpha value is -3.39. The maximum atomic E-state index is 12.8. The predicted molar refractivity (Wildman–Crippen MR) is 125 cm³/mol. The quantitative estimate of drug-likeness (QED) is 0.578. The number of carboxylic acids is 1. The van der Waals surface area contributed by atoms with E-state index in [-0.39, 0.29) is 37.8 Å². The minimum atomic E-state index is -1.14. The largest absolute Gasteiger partial charge is 0.480 e. The number of carbonyl (C=O) groups excluding carboxylic acids is 2. The van der Waals surface area contributed by atoms with E-state index in [0.717, 1.165) is 22.3 Å². The van der Waals surface area contributed by atoms with Gasteiger partial charge >= 0.3 is 12.1 Å². The summed E-state index contributed by atoms with van der Waals surface area (Å²) < 4.78 is 5.59. The van der Waals surface area contributed by atoms with Crippen molar-refractivity contribution in [3.8, 4) is 11.1 Å². The number of carboxylic acid groups (broad SMARTS) is 1. The van der Waals surface area contributed by atoms with Crippen molar-refractivity contribution in [1.82, 2.24) is 10.2 Å². The first-order chi connectivity index (χ1) is 16.3. The van der Waals surface area contributed by atoms with Crippen LogP contribution in [0.5, 0.6) is 0 Å². The molecule has 2 amide bonds. The minimum absolute atomic E-state index is 0.00717. The molecule has 0 aromatic heterocycles. The maximum Gasteiger partial charge on any atom is 0.407 e. The number of ether oxygens (including phenoxy) is 1. The second kappa shape index (κ2) is 9.85. The van der Waals surface area contributed by atoms with Gasteiger partial charge in [0.2, 0.25) is 5.91 Å². The summed E-state index contributed by atoms with van der Waals surface area (Å²) in [4.78, 5) is 38.1. The molecular weight excluding hydrogens is 436 g/mol. The number of aliphatic hydroxyl groups excluding tert-OH is 1. The standard InChI is InChI=1S/C26H30N2O6/c1-15(2)22(12-24(30)28-13-16(29)11-23(28)25(31)32)27-26(33)34-14-21-19-9-5-3-7-17(19)18-8-4-6-10-20(18)21/h3-10,15-16,21-23,29H,11-14H2,1-2H3,(H,27,33)(H,31,32)/t16-,22-,23-/m1/s1. The zero-order valence-electron chi connectivity index (χ0n) is 19.3. The van der Waals surface area contributed by atoms with E-state index < -0.39 is 36.2 Å². The molecule has 0 radical (unpaired) electrons. The molecule has 1 fully saturated rings. The molecule has 8 heteroatoms. The first-order valence-electron chi connectivity index (χ1n) is 11.6. The van der Waals surface area contributed by atoms with Crippen LogP contribution < -0.4 is 5.32 Å². The van der Waals surface area contributed by atoms with Crippen LogP contribution in [0.2, 0.25) is 0 Å². The fraction of sp³-hybridized carbons (Fsp3) is 0.423. The summed E-state index contributed by atoms with van der Waals surface area (Å²) in [5.41, 5.74) is 4.50. The van der Waals surface area contributed by atoms with Crippen LogP contribution in [0.25, 0.3) is 11.1 Å². The van der Waals surface area contributed by atoms with Crippen molar-refractivity contribution in [3.63, 3.8) is 0 Å². The van der Waals surface area contributed by atoms with Gasteiger partial charge in [-0.25, -0.2) is 9.59 Å². The van der Waals surface area contributed by atoms with E-state index in [1.165, 1.54) is 4.90 Å². The van der Waals surface area contributed by atoms with Gasteiger partial charge in [-0.3, -0.25) is 4.79 Å². The third-order valence-electron chi connectivity index (χ3n) is 6.73. The fourth-order valence-electron chi connectivity index (χ4n) is 4.87. The van der Waals surface area contributed by atoms with Crippen LogP contribution in [0.3, 0.4) is 0 Å². The Kier molecular flexibility index (Phi) is 6.88. The number of nitrogens with one attached hydrogen (secondary N) is 1. The minimum Gasteiger partial charge on any atom is -0.480 e. The summed E-state index contributed by atoms with van der Waals surface area (Å²) in [6, 6.07) is 14.5. The number of likely N-dealkylation sites (tertiary alicyclic amines) is 1. The Balaban J connectivity index is 1.39. The van der Waals surface area contributed by atoms with Crippen molar-refractivity contribution in [3.05, 3.63) is 59.7 Å². The Morgan fingerprint density at radius 3 is 2.21 bits per heavy atom. The van der Waals surface area contributed by atoms with Crippen molar-refractivity contribution in [2.75, 3.05) is 13.2 Å². The number of nitrogens with zero attached hydrogens (tertiary/aromatic N) is 1. The molecule has 0 spiro atoms. The van der Waals surface area contributed by atoms with Crippen LogP contribution in [0, 0.1) is 5.92 Å². The number of fused-ring (bicyclic) bond motifs is 3. The molecular formula is C26H30N2O6. The van der Waals surface area contributed by atoms with Crippen LogP contribution in [0.1, 0.15) is 43.7 Å². The Labute approximate surface area is 198 Å². The highest BCUT2D eigenvalue weighted by molar-refractivity contribution is 5.85. The molecule has 2 aliphatic rings. The molecule has 3 N–H and O–H groups in total. The van der Waals surface area contributed by atoms with E-state index in [4.69, 9.17) is 4.74 Å². The van der Waals surface area contributed by atoms with Crippen molar-refractivity contribution in [2.24, 2.45) is 5.92 Å². The number of alkyl carbamates (subject to hydrolysis) is 1. The lowest BCUT2D eigenvalue weighted by Gasteiger charge is -2.27.